The average Bonchev–Trinajstić information content (AvgIpc) is 2.97. The second kappa shape index (κ2) is 4.87. The molecule has 0 bridgehead atoms. The van der Waals surface area contributed by atoms with Crippen molar-refractivity contribution in [3.63, 3.8) is 0 Å². The number of halogens is 3. The molecule has 0 radical (unpaired) electrons. The quantitative estimate of drug-likeness (QED) is 0.852. The number of carbonyl (C=O) groups is 1. The van der Waals surface area contributed by atoms with Crippen molar-refractivity contribution in [3.05, 3.63) is 29.3 Å². The minimum absolute atomic E-state index is 0.174. The van der Waals surface area contributed by atoms with Crippen LogP contribution in [0.4, 0.5) is 18.9 Å². The third-order valence-corrected chi connectivity index (χ3v) is 4.25. The summed E-state index contributed by atoms with van der Waals surface area (Å²) in [6.45, 7) is 3.76. The van der Waals surface area contributed by atoms with Crippen molar-refractivity contribution in [1.82, 2.24) is 4.90 Å². The molecule has 0 aliphatic carbocycles. The van der Waals surface area contributed by atoms with Gasteiger partial charge in [-0.05, 0) is 38.3 Å². The number of anilines is 1. The summed E-state index contributed by atoms with van der Waals surface area (Å²) in [5.41, 5.74) is 1.93. The Balaban J connectivity index is 2.03. The molecule has 1 aromatic rings. The van der Waals surface area contributed by atoms with Crippen LogP contribution in [0.5, 0.6) is 0 Å². The first-order valence-corrected chi connectivity index (χ1v) is 7.16. The fourth-order valence-corrected chi connectivity index (χ4v) is 3.19. The number of nitrogens with one attached hydrogen (secondary N) is 1. The Morgan fingerprint density at radius 2 is 2.09 bits per heavy atom. The average molecular weight is 314 g/mol. The molecule has 2 saturated heterocycles. The van der Waals surface area contributed by atoms with Gasteiger partial charge in [-0.15, -0.1) is 0 Å². The van der Waals surface area contributed by atoms with E-state index in [1.165, 1.54) is 0 Å². The summed E-state index contributed by atoms with van der Waals surface area (Å²) in [7, 11) is 0. The van der Waals surface area contributed by atoms with Crippen molar-refractivity contribution in [3.8, 4) is 0 Å². The van der Waals surface area contributed by atoms with E-state index >= 15 is 0 Å². The summed E-state index contributed by atoms with van der Waals surface area (Å²) in [5.74, 6) is -3.59. The van der Waals surface area contributed by atoms with E-state index in [-0.39, 0.29) is 6.54 Å². The predicted molar refractivity (Wildman–Crippen MR) is 74.1 cm³/mol. The smallest absolute Gasteiger partial charge is 0.414 e. The third kappa shape index (κ3) is 2.15. The summed E-state index contributed by atoms with van der Waals surface area (Å²) < 4.78 is 46.0. The van der Waals surface area contributed by atoms with Crippen molar-refractivity contribution < 1.29 is 22.7 Å². The molecule has 0 aromatic heterocycles. The zero-order chi connectivity index (χ0) is 16.1. The van der Waals surface area contributed by atoms with Crippen LogP contribution in [-0.4, -0.2) is 35.5 Å². The van der Waals surface area contributed by atoms with Crippen LogP contribution in [0, 0.1) is 13.8 Å². The van der Waals surface area contributed by atoms with Gasteiger partial charge in [-0.25, -0.2) is 4.90 Å². The number of aryl methyl sites for hydroxylation is 2. The van der Waals surface area contributed by atoms with Crippen LogP contribution in [0.1, 0.15) is 24.0 Å². The number of esters is 1. The summed E-state index contributed by atoms with van der Waals surface area (Å²) in [4.78, 5) is 12.9. The minimum Gasteiger partial charge on any atom is -0.414 e. The Morgan fingerprint density at radius 1 is 1.36 bits per heavy atom. The number of fused-ring (bicyclic) bond motifs is 1. The van der Waals surface area contributed by atoms with Gasteiger partial charge in [0.25, 0.3) is 0 Å². The SMILES string of the molecule is Cc1ccc(N[C@@]2(C(F)(F)F)OC(=O)[C@H]3CCCN32)c(C)c1. The first-order valence-electron chi connectivity index (χ1n) is 7.16. The summed E-state index contributed by atoms with van der Waals surface area (Å²) in [6, 6.07) is 4.26. The van der Waals surface area contributed by atoms with Crippen molar-refractivity contribution >= 4 is 11.7 Å². The van der Waals surface area contributed by atoms with Gasteiger partial charge >= 0.3 is 18.0 Å². The standard InChI is InChI=1S/C15H17F3N2O2/c1-9-5-6-11(10(2)8-9)19-15(14(16,17)18)20-7-3-4-12(20)13(21)22-15/h5-6,8,12,19H,3-4,7H2,1-2H3/t12-,15-/m1/s1. The Hall–Kier alpha value is -1.76. The lowest BCUT2D eigenvalue weighted by molar-refractivity contribution is -0.286. The summed E-state index contributed by atoms with van der Waals surface area (Å²) in [6.07, 6.45) is -3.80. The second-order valence-electron chi connectivity index (χ2n) is 5.86. The maximum atomic E-state index is 13.7. The molecule has 4 nitrogen and oxygen atoms in total. The van der Waals surface area contributed by atoms with Crippen LogP contribution in [0.3, 0.4) is 0 Å². The molecule has 120 valence electrons. The van der Waals surface area contributed by atoms with E-state index in [4.69, 9.17) is 4.74 Å². The van der Waals surface area contributed by atoms with E-state index in [2.05, 4.69) is 5.32 Å². The zero-order valence-corrected chi connectivity index (χ0v) is 12.3. The van der Waals surface area contributed by atoms with E-state index in [1.807, 2.05) is 6.92 Å². The van der Waals surface area contributed by atoms with Crippen molar-refractivity contribution in [2.24, 2.45) is 0 Å². The van der Waals surface area contributed by atoms with Crippen molar-refractivity contribution in [2.75, 3.05) is 11.9 Å². The van der Waals surface area contributed by atoms with Gasteiger partial charge in [0, 0.05) is 12.2 Å². The number of nitrogens with zero attached hydrogens (tertiary/aromatic N) is 1. The number of hydrogen-bond acceptors (Lipinski definition) is 4. The van der Waals surface area contributed by atoms with Crippen molar-refractivity contribution in [1.29, 1.82) is 0 Å². The predicted octanol–water partition coefficient (Wildman–Crippen LogP) is 2.95. The molecule has 1 aromatic carbocycles. The van der Waals surface area contributed by atoms with E-state index in [9.17, 15) is 18.0 Å². The third-order valence-electron chi connectivity index (χ3n) is 4.25. The zero-order valence-electron chi connectivity index (χ0n) is 12.3. The normalized spacial score (nSPS) is 28.6. The fraction of sp³-hybridized carbons (Fsp3) is 0.533. The van der Waals surface area contributed by atoms with Gasteiger partial charge in [0.15, 0.2) is 0 Å². The Bertz CT molecular complexity index is 617. The topological polar surface area (TPSA) is 41.6 Å². The van der Waals surface area contributed by atoms with Gasteiger partial charge in [-0.2, -0.15) is 13.2 Å². The molecule has 2 aliphatic rings. The maximum absolute atomic E-state index is 13.7. The van der Waals surface area contributed by atoms with Crippen LogP contribution in [0.2, 0.25) is 0 Å². The Morgan fingerprint density at radius 3 is 2.73 bits per heavy atom. The lowest BCUT2D eigenvalue weighted by atomic mass is 10.1. The first-order chi connectivity index (χ1) is 10.2. The second-order valence-corrected chi connectivity index (χ2v) is 5.86. The number of alkyl halides is 3. The van der Waals surface area contributed by atoms with Crippen LogP contribution in [0.25, 0.3) is 0 Å². The Labute approximate surface area is 126 Å². The molecule has 0 saturated carbocycles. The van der Waals surface area contributed by atoms with Crippen LogP contribution in [0.15, 0.2) is 18.2 Å². The highest BCUT2D eigenvalue weighted by Gasteiger charge is 2.70. The summed E-state index contributed by atoms with van der Waals surface area (Å²) in [5, 5.41) is 2.45. The molecule has 7 heteroatoms. The lowest BCUT2D eigenvalue weighted by Crippen LogP contribution is -2.62. The maximum Gasteiger partial charge on any atom is 0.465 e. The van der Waals surface area contributed by atoms with Gasteiger partial charge in [-0.3, -0.25) is 4.79 Å². The first kappa shape index (κ1) is 15.1. The molecular formula is C15H17F3N2O2. The van der Waals surface area contributed by atoms with Crippen LogP contribution >= 0.6 is 0 Å². The van der Waals surface area contributed by atoms with Gasteiger partial charge in [0.1, 0.15) is 6.04 Å². The highest BCUT2D eigenvalue weighted by molar-refractivity contribution is 5.79. The lowest BCUT2D eigenvalue weighted by Gasteiger charge is -2.37. The summed E-state index contributed by atoms with van der Waals surface area (Å²) >= 11 is 0. The van der Waals surface area contributed by atoms with Gasteiger partial charge in [0.2, 0.25) is 0 Å². The molecule has 2 atom stereocenters. The molecule has 0 amide bonds. The largest absolute Gasteiger partial charge is 0.465 e. The Kier molecular flexibility index (Phi) is 3.36. The highest BCUT2D eigenvalue weighted by atomic mass is 19.4. The number of ether oxygens (including phenoxy) is 1. The number of cyclic esters (lactones) is 1. The van der Waals surface area contributed by atoms with Gasteiger partial charge < -0.3 is 10.1 Å². The van der Waals surface area contributed by atoms with Gasteiger partial charge in [-0.1, -0.05) is 17.7 Å². The molecule has 0 spiro atoms. The number of carbonyl (C=O) groups excluding carboxylic acids is 1. The molecule has 2 heterocycles. The number of benzene rings is 1. The molecule has 0 unspecified atom stereocenters. The minimum atomic E-state index is -4.74. The molecule has 2 aliphatic heterocycles. The molecular weight excluding hydrogens is 297 g/mol. The molecule has 3 rings (SSSR count). The monoisotopic (exact) mass is 314 g/mol. The van der Waals surface area contributed by atoms with E-state index in [1.54, 1.807) is 25.1 Å². The van der Waals surface area contributed by atoms with E-state index in [0.29, 0.717) is 24.1 Å². The number of rotatable bonds is 2. The van der Waals surface area contributed by atoms with Gasteiger partial charge in [0.05, 0.1) is 0 Å². The molecule has 2 fully saturated rings. The van der Waals surface area contributed by atoms with Crippen molar-refractivity contribution in [2.45, 2.75) is 44.8 Å². The number of hydrogen-bond donors (Lipinski definition) is 1. The van der Waals surface area contributed by atoms with Crippen LogP contribution in [-0.2, 0) is 9.53 Å². The molecule has 1 N–H and O–H groups in total. The fourth-order valence-electron chi connectivity index (χ4n) is 3.19. The highest BCUT2D eigenvalue weighted by Crippen LogP contribution is 2.46. The molecule has 22 heavy (non-hydrogen) atoms. The van der Waals surface area contributed by atoms with E-state index < -0.39 is 24.0 Å². The van der Waals surface area contributed by atoms with Crippen LogP contribution < -0.4 is 5.32 Å². The van der Waals surface area contributed by atoms with E-state index in [0.717, 1.165) is 10.5 Å².